The monoisotopic (exact) mass is 360 g/mol. The number of hydrogen-bond donors (Lipinski definition) is 0. The molecule has 7 heteroatoms. The quantitative estimate of drug-likeness (QED) is 0.820. The highest BCUT2D eigenvalue weighted by Gasteiger charge is 2.25. The molecule has 1 amide bonds. The average molecular weight is 360 g/mol. The minimum atomic E-state index is -3.66. The summed E-state index contributed by atoms with van der Waals surface area (Å²) in [6.07, 6.45) is 0. The van der Waals surface area contributed by atoms with E-state index in [1.54, 1.807) is 60.4 Å². The molecule has 1 aliphatic heterocycles. The Balaban J connectivity index is 1.89. The Kier molecular flexibility index (Phi) is 5.06. The van der Waals surface area contributed by atoms with E-state index in [1.165, 1.54) is 4.31 Å². The molecule has 1 saturated heterocycles. The van der Waals surface area contributed by atoms with Crippen LogP contribution in [0.5, 0.6) is 0 Å². The fraction of sp³-hybridized carbons (Fsp3) is 0.278. The van der Waals surface area contributed by atoms with Crippen molar-refractivity contribution in [3.63, 3.8) is 0 Å². The Labute approximate surface area is 147 Å². The molecule has 0 radical (unpaired) electrons. The average Bonchev–Trinajstić information content (AvgIpc) is 2.63. The predicted octanol–water partition coefficient (Wildman–Crippen LogP) is 2.27. The summed E-state index contributed by atoms with van der Waals surface area (Å²) in [6, 6.07) is 15.4. The topological polar surface area (TPSA) is 66.9 Å². The van der Waals surface area contributed by atoms with Crippen LogP contribution in [-0.2, 0) is 19.6 Å². The molecule has 0 saturated carbocycles. The van der Waals surface area contributed by atoms with Crippen LogP contribution in [0, 0.1) is 0 Å². The fourth-order valence-electron chi connectivity index (χ4n) is 2.80. The van der Waals surface area contributed by atoms with Crippen molar-refractivity contribution in [2.75, 3.05) is 35.5 Å². The summed E-state index contributed by atoms with van der Waals surface area (Å²) >= 11 is 0. The summed E-state index contributed by atoms with van der Waals surface area (Å²) in [5, 5.41) is 0. The van der Waals surface area contributed by atoms with Crippen LogP contribution in [0.15, 0.2) is 59.5 Å². The van der Waals surface area contributed by atoms with Crippen molar-refractivity contribution in [1.29, 1.82) is 0 Å². The van der Waals surface area contributed by atoms with Crippen LogP contribution in [0.3, 0.4) is 0 Å². The van der Waals surface area contributed by atoms with Gasteiger partial charge < -0.3 is 9.64 Å². The third kappa shape index (κ3) is 3.52. The summed E-state index contributed by atoms with van der Waals surface area (Å²) in [4.78, 5) is 13.7. The molecule has 0 aromatic heterocycles. The molecule has 3 rings (SSSR count). The van der Waals surface area contributed by atoms with Gasteiger partial charge in [-0.2, -0.15) is 0 Å². The maximum Gasteiger partial charge on any atom is 0.264 e. The third-order valence-corrected chi connectivity index (χ3v) is 5.97. The Morgan fingerprint density at radius 3 is 2.36 bits per heavy atom. The second kappa shape index (κ2) is 7.25. The minimum Gasteiger partial charge on any atom is -0.370 e. The van der Waals surface area contributed by atoms with Gasteiger partial charge in [-0.05, 0) is 43.3 Å². The lowest BCUT2D eigenvalue weighted by molar-refractivity contribution is -0.125. The summed E-state index contributed by atoms with van der Waals surface area (Å²) in [6.45, 7) is 3.12. The summed E-state index contributed by atoms with van der Waals surface area (Å²) in [7, 11) is -3.66. The molecule has 25 heavy (non-hydrogen) atoms. The van der Waals surface area contributed by atoms with Crippen molar-refractivity contribution in [3.05, 3.63) is 54.6 Å². The highest BCUT2D eigenvalue weighted by molar-refractivity contribution is 7.92. The molecule has 1 aliphatic rings. The van der Waals surface area contributed by atoms with Gasteiger partial charge in [0, 0.05) is 18.8 Å². The van der Waals surface area contributed by atoms with E-state index in [9.17, 15) is 13.2 Å². The van der Waals surface area contributed by atoms with Gasteiger partial charge in [0.15, 0.2) is 0 Å². The molecule has 0 unspecified atom stereocenters. The van der Waals surface area contributed by atoms with Gasteiger partial charge in [-0.3, -0.25) is 9.10 Å². The molecular formula is C18H20N2O4S. The molecule has 1 fully saturated rings. The second-order valence-electron chi connectivity index (χ2n) is 5.60. The van der Waals surface area contributed by atoms with Crippen LogP contribution in [-0.4, -0.2) is 40.6 Å². The maximum absolute atomic E-state index is 12.9. The molecule has 1 heterocycles. The Hall–Kier alpha value is -2.38. The second-order valence-corrected chi connectivity index (χ2v) is 7.46. The first-order valence-electron chi connectivity index (χ1n) is 8.10. The number of morpholine rings is 1. The lowest BCUT2D eigenvalue weighted by Crippen LogP contribution is -2.41. The number of carbonyl (C=O) groups excluding carboxylic acids is 1. The molecule has 0 N–H and O–H groups in total. The van der Waals surface area contributed by atoms with Crippen LogP contribution in [0.4, 0.5) is 11.4 Å². The van der Waals surface area contributed by atoms with E-state index >= 15 is 0 Å². The Morgan fingerprint density at radius 2 is 1.76 bits per heavy atom. The number of sulfonamides is 1. The highest BCUT2D eigenvalue weighted by atomic mass is 32.2. The van der Waals surface area contributed by atoms with E-state index in [4.69, 9.17) is 4.74 Å². The molecular weight excluding hydrogens is 340 g/mol. The van der Waals surface area contributed by atoms with E-state index in [-0.39, 0.29) is 17.4 Å². The predicted molar refractivity (Wildman–Crippen MR) is 96.3 cm³/mol. The van der Waals surface area contributed by atoms with E-state index in [2.05, 4.69) is 0 Å². The standard InChI is InChI=1S/C18H20N2O4S/c1-2-20(16-6-4-3-5-7-16)25(22,23)17-10-8-15(9-11-17)19-12-13-24-14-18(19)21/h3-11H,2,12-14H2,1H3. The van der Waals surface area contributed by atoms with Gasteiger partial charge in [0.05, 0.1) is 17.2 Å². The van der Waals surface area contributed by atoms with E-state index in [0.29, 0.717) is 31.1 Å². The summed E-state index contributed by atoms with van der Waals surface area (Å²) in [5.41, 5.74) is 1.30. The van der Waals surface area contributed by atoms with E-state index in [0.717, 1.165) is 0 Å². The van der Waals surface area contributed by atoms with Crippen molar-refractivity contribution in [1.82, 2.24) is 0 Å². The number of ether oxygens (including phenoxy) is 1. The first-order valence-corrected chi connectivity index (χ1v) is 9.54. The number of hydrogen-bond acceptors (Lipinski definition) is 4. The van der Waals surface area contributed by atoms with Crippen molar-refractivity contribution >= 4 is 27.3 Å². The maximum atomic E-state index is 12.9. The Morgan fingerprint density at radius 1 is 1.08 bits per heavy atom. The number of anilines is 2. The van der Waals surface area contributed by atoms with Crippen molar-refractivity contribution in [3.8, 4) is 0 Å². The number of rotatable bonds is 5. The largest absolute Gasteiger partial charge is 0.370 e. The SMILES string of the molecule is CCN(c1ccccc1)S(=O)(=O)c1ccc(N2CCOCC2=O)cc1. The molecule has 0 spiro atoms. The zero-order chi connectivity index (χ0) is 17.9. The molecule has 0 bridgehead atoms. The fourth-order valence-corrected chi connectivity index (χ4v) is 4.28. The first-order chi connectivity index (χ1) is 12.0. The smallest absolute Gasteiger partial charge is 0.264 e. The van der Waals surface area contributed by atoms with Crippen molar-refractivity contribution < 1.29 is 17.9 Å². The first kappa shape index (κ1) is 17.4. The number of amides is 1. The van der Waals surface area contributed by atoms with Gasteiger partial charge in [-0.1, -0.05) is 18.2 Å². The highest BCUT2D eigenvalue weighted by Crippen LogP contribution is 2.25. The zero-order valence-electron chi connectivity index (χ0n) is 14.0. The molecule has 0 aliphatic carbocycles. The van der Waals surface area contributed by atoms with E-state index < -0.39 is 10.0 Å². The number of carbonyl (C=O) groups is 1. The van der Waals surface area contributed by atoms with Crippen molar-refractivity contribution in [2.24, 2.45) is 0 Å². The van der Waals surface area contributed by atoms with Crippen molar-refractivity contribution in [2.45, 2.75) is 11.8 Å². The van der Waals surface area contributed by atoms with Gasteiger partial charge in [0.2, 0.25) is 0 Å². The summed E-state index contributed by atoms with van der Waals surface area (Å²) < 4.78 is 32.4. The van der Waals surface area contributed by atoms with Crippen LogP contribution in [0.25, 0.3) is 0 Å². The lowest BCUT2D eigenvalue weighted by atomic mass is 10.2. The zero-order valence-corrected chi connectivity index (χ0v) is 14.8. The molecule has 0 atom stereocenters. The number of nitrogens with zero attached hydrogens (tertiary/aromatic N) is 2. The van der Waals surface area contributed by atoms with Gasteiger partial charge >= 0.3 is 0 Å². The molecule has 2 aromatic carbocycles. The van der Waals surface area contributed by atoms with Crippen LogP contribution >= 0.6 is 0 Å². The normalized spacial score (nSPS) is 15.2. The van der Waals surface area contributed by atoms with Gasteiger partial charge in [-0.15, -0.1) is 0 Å². The molecule has 132 valence electrons. The van der Waals surface area contributed by atoms with Gasteiger partial charge in [-0.25, -0.2) is 8.42 Å². The van der Waals surface area contributed by atoms with Gasteiger partial charge in [0.1, 0.15) is 6.61 Å². The molecule has 6 nitrogen and oxygen atoms in total. The third-order valence-electron chi connectivity index (χ3n) is 4.05. The lowest BCUT2D eigenvalue weighted by Gasteiger charge is -2.27. The Bertz CT molecular complexity index is 835. The van der Waals surface area contributed by atoms with Gasteiger partial charge in [0.25, 0.3) is 15.9 Å². The molecule has 2 aromatic rings. The van der Waals surface area contributed by atoms with Crippen LogP contribution in [0.2, 0.25) is 0 Å². The van der Waals surface area contributed by atoms with Crippen LogP contribution in [0.1, 0.15) is 6.92 Å². The van der Waals surface area contributed by atoms with E-state index in [1.807, 2.05) is 6.07 Å². The number of benzene rings is 2. The number of para-hydroxylation sites is 1. The van der Waals surface area contributed by atoms with Crippen LogP contribution < -0.4 is 9.21 Å². The summed E-state index contributed by atoms with van der Waals surface area (Å²) in [5.74, 6) is -0.124. The minimum absolute atomic E-state index is 0.0532.